The van der Waals surface area contributed by atoms with Crippen LogP contribution in [-0.4, -0.2) is 31.8 Å². The molecule has 7 nitrogen and oxygen atoms in total. The SMILES string of the molecule is CNC(=O)NC(=O)CNc1ccc2c(c1)OC(F)(F)O2. The molecule has 0 aromatic heterocycles. The first kappa shape index (κ1) is 13.8. The van der Waals surface area contributed by atoms with E-state index in [4.69, 9.17) is 0 Å². The van der Waals surface area contributed by atoms with E-state index in [1.165, 1.54) is 25.2 Å². The number of hydrogen-bond donors (Lipinski definition) is 3. The quantitative estimate of drug-likeness (QED) is 0.768. The van der Waals surface area contributed by atoms with Crippen LogP contribution in [-0.2, 0) is 4.79 Å². The van der Waals surface area contributed by atoms with Crippen LogP contribution in [0.5, 0.6) is 11.5 Å². The number of ether oxygens (including phenoxy) is 2. The van der Waals surface area contributed by atoms with E-state index in [-0.39, 0.29) is 18.0 Å². The molecule has 0 bridgehead atoms. The molecule has 0 saturated heterocycles. The molecule has 0 radical (unpaired) electrons. The lowest BCUT2D eigenvalue weighted by atomic mass is 10.3. The number of hydrogen-bond acceptors (Lipinski definition) is 5. The Kier molecular flexibility index (Phi) is 3.59. The Balaban J connectivity index is 1.93. The number of fused-ring (bicyclic) bond motifs is 1. The van der Waals surface area contributed by atoms with E-state index in [1.54, 1.807) is 0 Å². The maximum absolute atomic E-state index is 12.8. The Bertz CT molecular complexity index is 550. The van der Waals surface area contributed by atoms with Crippen molar-refractivity contribution in [2.45, 2.75) is 6.29 Å². The van der Waals surface area contributed by atoms with Gasteiger partial charge in [-0.05, 0) is 12.1 Å². The van der Waals surface area contributed by atoms with Gasteiger partial charge in [0, 0.05) is 18.8 Å². The summed E-state index contributed by atoms with van der Waals surface area (Å²) in [5, 5.41) is 6.91. The van der Waals surface area contributed by atoms with Gasteiger partial charge in [-0.1, -0.05) is 0 Å². The highest BCUT2D eigenvalue weighted by Gasteiger charge is 2.43. The number of imide groups is 1. The van der Waals surface area contributed by atoms with Crippen LogP contribution in [0.1, 0.15) is 0 Å². The third-order valence-electron chi connectivity index (χ3n) is 2.33. The van der Waals surface area contributed by atoms with Crippen LogP contribution < -0.4 is 25.4 Å². The molecule has 0 spiro atoms. The number of carbonyl (C=O) groups is 2. The highest BCUT2D eigenvalue weighted by atomic mass is 19.3. The van der Waals surface area contributed by atoms with E-state index in [0.29, 0.717) is 5.69 Å². The fraction of sp³-hybridized carbons (Fsp3) is 0.273. The van der Waals surface area contributed by atoms with Crippen LogP contribution in [0.15, 0.2) is 18.2 Å². The van der Waals surface area contributed by atoms with Crippen molar-refractivity contribution >= 4 is 17.6 Å². The van der Waals surface area contributed by atoms with Crippen molar-refractivity contribution in [1.82, 2.24) is 10.6 Å². The van der Waals surface area contributed by atoms with Crippen molar-refractivity contribution in [2.75, 3.05) is 18.9 Å². The maximum atomic E-state index is 12.8. The van der Waals surface area contributed by atoms with Crippen LogP contribution in [0.4, 0.5) is 19.3 Å². The summed E-state index contributed by atoms with van der Waals surface area (Å²) in [6, 6.07) is 3.36. The standard InChI is InChI=1S/C11H11F2N3O4/c1-14-10(18)16-9(17)5-15-6-2-3-7-8(4-6)20-11(12,13)19-7/h2-4,15H,5H2,1H3,(H2,14,16,17,18). The van der Waals surface area contributed by atoms with Gasteiger partial charge in [-0.15, -0.1) is 8.78 Å². The van der Waals surface area contributed by atoms with E-state index in [1.807, 2.05) is 5.32 Å². The fourth-order valence-corrected chi connectivity index (χ4v) is 1.47. The van der Waals surface area contributed by atoms with Crippen LogP contribution in [0.2, 0.25) is 0 Å². The topological polar surface area (TPSA) is 88.7 Å². The summed E-state index contributed by atoms with van der Waals surface area (Å²) < 4.78 is 34.1. The molecule has 0 aliphatic carbocycles. The summed E-state index contributed by atoms with van der Waals surface area (Å²) in [7, 11) is 1.37. The smallest absolute Gasteiger partial charge is 0.395 e. The number of alkyl halides is 2. The zero-order valence-electron chi connectivity index (χ0n) is 10.3. The molecule has 3 N–H and O–H groups in total. The Labute approximate surface area is 112 Å². The minimum atomic E-state index is -3.68. The zero-order valence-corrected chi connectivity index (χ0v) is 10.3. The first-order valence-corrected chi connectivity index (χ1v) is 5.55. The highest BCUT2D eigenvalue weighted by molar-refractivity contribution is 5.96. The first-order chi connectivity index (χ1) is 9.39. The summed E-state index contributed by atoms with van der Waals surface area (Å²) in [5.41, 5.74) is 0.372. The number of nitrogens with one attached hydrogen (secondary N) is 3. The molecule has 1 aromatic carbocycles. The second kappa shape index (κ2) is 5.19. The molecule has 20 heavy (non-hydrogen) atoms. The van der Waals surface area contributed by atoms with E-state index >= 15 is 0 Å². The molecule has 1 heterocycles. The van der Waals surface area contributed by atoms with Gasteiger partial charge in [0.25, 0.3) is 0 Å². The van der Waals surface area contributed by atoms with Crippen molar-refractivity contribution in [1.29, 1.82) is 0 Å². The predicted molar refractivity (Wildman–Crippen MR) is 63.7 cm³/mol. The number of amides is 3. The predicted octanol–water partition coefficient (Wildman–Crippen LogP) is 0.876. The third-order valence-corrected chi connectivity index (χ3v) is 2.33. The van der Waals surface area contributed by atoms with Crippen molar-refractivity contribution in [3.05, 3.63) is 18.2 Å². The number of urea groups is 1. The summed E-state index contributed by atoms with van der Waals surface area (Å²) >= 11 is 0. The summed E-state index contributed by atoms with van der Waals surface area (Å²) in [4.78, 5) is 22.2. The lowest BCUT2D eigenvalue weighted by Crippen LogP contribution is -2.40. The molecule has 1 aromatic rings. The average molecular weight is 287 g/mol. The molecule has 108 valence electrons. The van der Waals surface area contributed by atoms with Crippen LogP contribution in [0, 0.1) is 0 Å². The fourth-order valence-electron chi connectivity index (χ4n) is 1.47. The Morgan fingerprint density at radius 1 is 1.25 bits per heavy atom. The van der Waals surface area contributed by atoms with Gasteiger partial charge in [0.1, 0.15) is 0 Å². The van der Waals surface area contributed by atoms with Gasteiger partial charge in [0.05, 0.1) is 6.54 Å². The number of anilines is 1. The number of benzene rings is 1. The molecule has 0 saturated carbocycles. The molecule has 1 aliphatic rings. The van der Waals surface area contributed by atoms with Gasteiger partial charge in [-0.2, -0.15) is 0 Å². The van der Waals surface area contributed by atoms with E-state index in [0.717, 1.165) is 0 Å². The molecule has 0 atom stereocenters. The Morgan fingerprint density at radius 3 is 2.65 bits per heavy atom. The lowest BCUT2D eigenvalue weighted by Gasteiger charge is -2.07. The van der Waals surface area contributed by atoms with E-state index in [9.17, 15) is 18.4 Å². The monoisotopic (exact) mass is 287 g/mol. The van der Waals surface area contributed by atoms with E-state index < -0.39 is 18.2 Å². The Hall–Kier alpha value is -2.58. The van der Waals surface area contributed by atoms with Gasteiger partial charge in [0.15, 0.2) is 11.5 Å². The minimum Gasteiger partial charge on any atom is -0.395 e. The molecule has 0 unspecified atom stereocenters. The van der Waals surface area contributed by atoms with Gasteiger partial charge in [-0.3, -0.25) is 10.1 Å². The summed E-state index contributed by atoms with van der Waals surface area (Å²) in [6.07, 6.45) is -3.68. The number of halogens is 2. The molecular weight excluding hydrogens is 276 g/mol. The van der Waals surface area contributed by atoms with Crippen molar-refractivity contribution in [2.24, 2.45) is 0 Å². The number of carbonyl (C=O) groups excluding carboxylic acids is 2. The average Bonchev–Trinajstić information content (AvgIpc) is 2.69. The zero-order chi connectivity index (χ0) is 14.8. The largest absolute Gasteiger partial charge is 0.586 e. The molecule has 0 fully saturated rings. The van der Waals surface area contributed by atoms with Gasteiger partial charge in [-0.25, -0.2) is 4.79 Å². The first-order valence-electron chi connectivity index (χ1n) is 5.55. The second-order valence-corrected chi connectivity index (χ2v) is 3.81. The van der Waals surface area contributed by atoms with Gasteiger partial charge < -0.3 is 20.1 Å². The second-order valence-electron chi connectivity index (χ2n) is 3.81. The maximum Gasteiger partial charge on any atom is 0.586 e. The van der Waals surface area contributed by atoms with Crippen LogP contribution >= 0.6 is 0 Å². The molecule has 1 aliphatic heterocycles. The number of rotatable bonds is 3. The van der Waals surface area contributed by atoms with Crippen LogP contribution in [0.3, 0.4) is 0 Å². The van der Waals surface area contributed by atoms with Gasteiger partial charge >= 0.3 is 12.3 Å². The van der Waals surface area contributed by atoms with Gasteiger partial charge in [0.2, 0.25) is 5.91 Å². The molecule has 2 rings (SSSR count). The molecule has 3 amide bonds. The normalized spacial score (nSPS) is 14.6. The Morgan fingerprint density at radius 2 is 1.95 bits per heavy atom. The van der Waals surface area contributed by atoms with Crippen molar-refractivity contribution in [3.8, 4) is 11.5 Å². The summed E-state index contributed by atoms with van der Waals surface area (Å²) in [6.45, 7) is -0.205. The lowest BCUT2D eigenvalue weighted by molar-refractivity contribution is -0.286. The van der Waals surface area contributed by atoms with E-state index in [2.05, 4.69) is 20.1 Å². The molecule has 9 heteroatoms. The van der Waals surface area contributed by atoms with Crippen LogP contribution in [0.25, 0.3) is 0 Å². The van der Waals surface area contributed by atoms with Crippen molar-refractivity contribution in [3.63, 3.8) is 0 Å². The van der Waals surface area contributed by atoms with Crippen molar-refractivity contribution < 1.29 is 27.8 Å². The minimum absolute atomic E-state index is 0.0876. The molecular formula is C11H11F2N3O4. The third kappa shape index (κ3) is 3.25. The highest BCUT2D eigenvalue weighted by Crippen LogP contribution is 2.42. The summed E-state index contributed by atoms with van der Waals surface area (Å²) in [5.74, 6) is -0.797.